The molecule has 2 atom stereocenters. The molecule has 0 radical (unpaired) electrons. The van der Waals surface area contributed by atoms with Crippen LogP contribution in [0.1, 0.15) is 13.3 Å². The largest absolute Gasteiger partial charge is 0.480 e. The van der Waals surface area contributed by atoms with Gasteiger partial charge in [-0.15, -0.1) is 0 Å². The highest BCUT2D eigenvalue weighted by Gasteiger charge is 2.17. The van der Waals surface area contributed by atoms with Gasteiger partial charge in [0.25, 0.3) is 0 Å². The van der Waals surface area contributed by atoms with Crippen molar-refractivity contribution in [2.24, 2.45) is 5.73 Å². The number of thioether (sulfide) groups is 1. The summed E-state index contributed by atoms with van der Waals surface area (Å²) in [5, 5.41) is 8.63. The van der Waals surface area contributed by atoms with E-state index in [4.69, 9.17) is 10.8 Å². The van der Waals surface area contributed by atoms with Crippen molar-refractivity contribution < 1.29 is 9.90 Å². The molecule has 0 aromatic carbocycles. The molecule has 0 amide bonds. The number of rotatable bonds is 7. The number of nitrogens with zero attached hydrogens (tertiary/aromatic N) is 1. The van der Waals surface area contributed by atoms with Gasteiger partial charge in [-0.2, -0.15) is 11.8 Å². The van der Waals surface area contributed by atoms with Crippen molar-refractivity contribution in [1.82, 2.24) is 4.90 Å². The Morgan fingerprint density at radius 1 is 1.64 bits per heavy atom. The zero-order valence-electron chi connectivity index (χ0n) is 9.06. The normalized spacial score (nSPS) is 15.5. The first-order chi connectivity index (χ1) is 6.49. The van der Waals surface area contributed by atoms with E-state index in [1.165, 1.54) is 0 Å². The van der Waals surface area contributed by atoms with Gasteiger partial charge in [0.2, 0.25) is 0 Å². The van der Waals surface area contributed by atoms with Crippen LogP contribution in [0.15, 0.2) is 0 Å². The van der Waals surface area contributed by atoms with Crippen LogP contribution in [0.5, 0.6) is 0 Å². The van der Waals surface area contributed by atoms with E-state index >= 15 is 0 Å². The van der Waals surface area contributed by atoms with Crippen LogP contribution in [0, 0.1) is 0 Å². The fraction of sp³-hybridized carbons (Fsp3) is 0.889. The highest BCUT2D eigenvalue weighted by atomic mass is 32.2. The molecule has 0 aliphatic rings. The molecule has 4 nitrogen and oxygen atoms in total. The maximum Gasteiger partial charge on any atom is 0.321 e. The van der Waals surface area contributed by atoms with Gasteiger partial charge in [-0.1, -0.05) is 0 Å². The first-order valence-electron chi connectivity index (χ1n) is 4.66. The van der Waals surface area contributed by atoms with E-state index in [0.717, 1.165) is 12.2 Å². The van der Waals surface area contributed by atoms with E-state index in [2.05, 4.69) is 13.2 Å². The van der Waals surface area contributed by atoms with Crippen molar-refractivity contribution in [2.75, 3.05) is 25.6 Å². The van der Waals surface area contributed by atoms with Gasteiger partial charge in [-0.05, 0) is 32.4 Å². The molecule has 0 saturated carbocycles. The molecule has 5 heteroatoms. The predicted molar refractivity (Wildman–Crippen MR) is 60.7 cm³/mol. The second-order valence-electron chi connectivity index (χ2n) is 3.51. The average molecular weight is 220 g/mol. The number of nitrogens with two attached hydrogens (primary N) is 1. The lowest BCUT2D eigenvalue weighted by atomic mass is 10.2. The van der Waals surface area contributed by atoms with Crippen LogP contribution in [0.2, 0.25) is 0 Å². The molecule has 2 unspecified atom stereocenters. The Morgan fingerprint density at radius 3 is 2.64 bits per heavy atom. The van der Waals surface area contributed by atoms with Crippen molar-refractivity contribution in [3.8, 4) is 0 Å². The zero-order valence-corrected chi connectivity index (χ0v) is 9.88. The van der Waals surface area contributed by atoms with E-state index in [1.54, 1.807) is 11.8 Å². The molecule has 0 saturated heterocycles. The van der Waals surface area contributed by atoms with E-state index in [9.17, 15) is 4.79 Å². The maximum absolute atomic E-state index is 10.5. The van der Waals surface area contributed by atoms with Crippen LogP contribution in [0.4, 0.5) is 0 Å². The summed E-state index contributed by atoms with van der Waals surface area (Å²) in [6.45, 7) is 2.50. The molecule has 0 rings (SSSR count). The van der Waals surface area contributed by atoms with Gasteiger partial charge in [0.15, 0.2) is 0 Å². The van der Waals surface area contributed by atoms with Gasteiger partial charge < -0.3 is 15.7 Å². The minimum Gasteiger partial charge on any atom is -0.480 e. The topological polar surface area (TPSA) is 66.6 Å². The van der Waals surface area contributed by atoms with E-state index in [1.807, 2.05) is 11.9 Å². The summed E-state index contributed by atoms with van der Waals surface area (Å²) < 4.78 is 0. The number of carboxylic acid groups (broad SMARTS) is 1. The summed E-state index contributed by atoms with van der Waals surface area (Å²) in [5.74, 6) is 0.155. The number of hydrogen-bond donors (Lipinski definition) is 2. The summed E-state index contributed by atoms with van der Waals surface area (Å²) in [7, 11) is 1.91. The van der Waals surface area contributed by atoms with E-state index < -0.39 is 12.0 Å². The third-order valence-electron chi connectivity index (χ3n) is 2.29. The second-order valence-corrected chi connectivity index (χ2v) is 4.50. The summed E-state index contributed by atoms with van der Waals surface area (Å²) >= 11 is 1.80. The molecule has 0 bridgehead atoms. The average Bonchev–Trinajstić information content (AvgIpc) is 2.13. The monoisotopic (exact) mass is 220 g/mol. The third-order valence-corrected chi connectivity index (χ3v) is 2.94. The Morgan fingerprint density at radius 2 is 2.21 bits per heavy atom. The first-order valence-corrected chi connectivity index (χ1v) is 6.06. The zero-order chi connectivity index (χ0) is 11.1. The third kappa shape index (κ3) is 5.47. The Labute approximate surface area is 89.8 Å². The van der Waals surface area contributed by atoms with Gasteiger partial charge in [-0.25, -0.2) is 0 Å². The highest BCUT2D eigenvalue weighted by Crippen LogP contribution is 2.06. The fourth-order valence-electron chi connectivity index (χ4n) is 1.08. The van der Waals surface area contributed by atoms with Gasteiger partial charge in [-0.3, -0.25) is 4.79 Å². The number of carboxylic acids is 1. The lowest BCUT2D eigenvalue weighted by Crippen LogP contribution is -2.44. The number of likely N-dealkylation sites (N-methyl/N-ethyl adjacent to an activating group) is 1. The van der Waals surface area contributed by atoms with Gasteiger partial charge >= 0.3 is 5.97 Å². The van der Waals surface area contributed by atoms with Crippen LogP contribution in [0.3, 0.4) is 0 Å². The Kier molecular flexibility index (Phi) is 6.96. The molecule has 84 valence electrons. The van der Waals surface area contributed by atoms with Crippen molar-refractivity contribution in [3.05, 3.63) is 0 Å². The molecule has 0 aromatic heterocycles. The van der Waals surface area contributed by atoms with Crippen LogP contribution in [0.25, 0.3) is 0 Å². The SMILES string of the molecule is CSCCC(C)N(C)CC(N)C(=O)O. The number of aliphatic carboxylic acids is 1. The van der Waals surface area contributed by atoms with Crippen molar-refractivity contribution >= 4 is 17.7 Å². The van der Waals surface area contributed by atoms with Crippen molar-refractivity contribution in [1.29, 1.82) is 0 Å². The van der Waals surface area contributed by atoms with E-state index in [-0.39, 0.29) is 0 Å². The summed E-state index contributed by atoms with van der Waals surface area (Å²) in [6, 6.07) is -0.399. The maximum atomic E-state index is 10.5. The second kappa shape index (κ2) is 7.09. The molecule has 14 heavy (non-hydrogen) atoms. The minimum atomic E-state index is -0.936. The van der Waals surface area contributed by atoms with Crippen molar-refractivity contribution in [2.45, 2.75) is 25.4 Å². The molecule has 0 heterocycles. The molecule has 0 spiro atoms. The molecule has 0 aromatic rings. The van der Waals surface area contributed by atoms with E-state index in [0.29, 0.717) is 12.6 Å². The standard InChI is InChI=1S/C9H20N2O2S/c1-7(4-5-14-3)11(2)6-8(10)9(12)13/h7-8H,4-6,10H2,1-3H3,(H,12,13). The smallest absolute Gasteiger partial charge is 0.321 e. The summed E-state index contributed by atoms with van der Waals surface area (Å²) in [4.78, 5) is 12.5. The number of hydrogen-bond acceptors (Lipinski definition) is 4. The van der Waals surface area contributed by atoms with Crippen LogP contribution in [-0.4, -0.2) is 53.7 Å². The van der Waals surface area contributed by atoms with Gasteiger partial charge in [0.05, 0.1) is 0 Å². The lowest BCUT2D eigenvalue weighted by molar-refractivity contribution is -0.139. The number of carbonyl (C=O) groups is 1. The Bertz CT molecular complexity index is 178. The van der Waals surface area contributed by atoms with Crippen LogP contribution < -0.4 is 5.73 Å². The molecular weight excluding hydrogens is 200 g/mol. The minimum absolute atomic E-state index is 0.382. The Balaban J connectivity index is 3.81. The molecule has 3 N–H and O–H groups in total. The molecule has 0 aliphatic heterocycles. The Hall–Kier alpha value is -0.260. The predicted octanol–water partition coefficient (Wildman–Crippen LogP) is 0.472. The highest BCUT2D eigenvalue weighted by molar-refractivity contribution is 7.98. The van der Waals surface area contributed by atoms with Gasteiger partial charge in [0, 0.05) is 12.6 Å². The lowest BCUT2D eigenvalue weighted by Gasteiger charge is -2.25. The van der Waals surface area contributed by atoms with Gasteiger partial charge in [0.1, 0.15) is 6.04 Å². The quantitative estimate of drug-likeness (QED) is 0.653. The summed E-state index contributed by atoms with van der Waals surface area (Å²) in [6.07, 6.45) is 3.12. The molecule has 0 fully saturated rings. The fourth-order valence-corrected chi connectivity index (χ4v) is 1.65. The van der Waals surface area contributed by atoms with Crippen LogP contribution >= 0.6 is 11.8 Å². The first kappa shape index (κ1) is 13.7. The van der Waals surface area contributed by atoms with Crippen molar-refractivity contribution in [3.63, 3.8) is 0 Å². The molecular formula is C9H20N2O2S. The van der Waals surface area contributed by atoms with Crippen LogP contribution in [-0.2, 0) is 4.79 Å². The summed E-state index contributed by atoms with van der Waals surface area (Å²) in [5.41, 5.74) is 5.44. The molecule has 0 aliphatic carbocycles.